The summed E-state index contributed by atoms with van der Waals surface area (Å²) in [6.45, 7) is 13.5. The normalized spacial score (nSPS) is 24.5. The Morgan fingerprint density at radius 3 is 2.44 bits per heavy atom. The summed E-state index contributed by atoms with van der Waals surface area (Å²) in [6.07, 6.45) is 2.83. The van der Waals surface area contributed by atoms with E-state index in [0.29, 0.717) is 19.4 Å². The third-order valence-electron chi connectivity index (χ3n) is 5.44. The molecule has 0 aromatic heterocycles. The highest BCUT2D eigenvalue weighted by atomic mass is 35.5. The van der Waals surface area contributed by atoms with Crippen molar-refractivity contribution in [1.29, 1.82) is 0 Å². The van der Waals surface area contributed by atoms with E-state index < -0.39 is 0 Å². The summed E-state index contributed by atoms with van der Waals surface area (Å²) in [4.78, 5) is 0. The maximum Gasteiger partial charge on any atom is 0.124 e. The average Bonchev–Trinajstić information content (AvgIpc) is 3.32. The Balaban J connectivity index is 0.000000860. The van der Waals surface area contributed by atoms with E-state index in [-0.39, 0.29) is 24.4 Å². The van der Waals surface area contributed by atoms with Gasteiger partial charge in [-0.1, -0.05) is 49.7 Å². The highest BCUT2D eigenvalue weighted by Gasteiger charge is 2.27. The SMILES string of the molecule is C=C.CC.CC1CC(O)CC(c2ccc(Cl)c(Cc3ccc(OC4CCOC4)cc3)c2)O1. The topological polar surface area (TPSA) is 47.9 Å². The van der Waals surface area contributed by atoms with Crippen LogP contribution in [0.1, 0.15) is 62.8 Å². The van der Waals surface area contributed by atoms with Gasteiger partial charge < -0.3 is 19.3 Å². The van der Waals surface area contributed by atoms with Gasteiger partial charge in [0.05, 0.1) is 31.5 Å². The maximum atomic E-state index is 10.1. The Hall–Kier alpha value is -1.85. The molecule has 0 saturated carbocycles. The molecule has 4 nitrogen and oxygen atoms in total. The number of halogens is 1. The fourth-order valence-electron chi connectivity index (χ4n) is 3.97. The summed E-state index contributed by atoms with van der Waals surface area (Å²) in [5, 5.41) is 10.8. The first-order valence-corrected chi connectivity index (χ1v) is 11.9. The van der Waals surface area contributed by atoms with Crippen molar-refractivity contribution in [3.05, 3.63) is 77.3 Å². The number of hydrogen-bond acceptors (Lipinski definition) is 4. The van der Waals surface area contributed by atoms with E-state index in [0.717, 1.165) is 41.3 Å². The molecule has 2 saturated heterocycles. The monoisotopic (exact) mass is 460 g/mol. The van der Waals surface area contributed by atoms with E-state index in [2.05, 4.69) is 31.4 Å². The summed E-state index contributed by atoms with van der Waals surface area (Å²) in [5.41, 5.74) is 3.31. The molecule has 2 heterocycles. The quantitative estimate of drug-likeness (QED) is 0.515. The van der Waals surface area contributed by atoms with Crippen molar-refractivity contribution >= 4 is 11.6 Å². The molecule has 4 unspecified atom stereocenters. The smallest absolute Gasteiger partial charge is 0.124 e. The zero-order valence-electron chi connectivity index (χ0n) is 19.6. The number of rotatable bonds is 5. The third-order valence-corrected chi connectivity index (χ3v) is 5.81. The van der Waals surface area contributed by atoms with Crippen molar-refractivity contribution in [2.45, 2.75) is 70.9 Å². The van der Waals surface area contributed by atoms with E-state index in [1.165, 1.54) is 5.56 Å². The van der Waals surface area contributed by atoms with Gasteiger partial charge in [0.15, 0.2) is 0 Å². The van der Waals surface area contributed by atoms with Gasteiger partial charge in [0.2, 0.25) is 0 Å². The maximum absolute atomic E-state index is 10.1. The standard InChI is InChI=1S/C23H27ClO4.C2H6.C2H4/c1-15-10-19(25)13-23(27-15)17-4-7-22(24)18(12-17)11-16-2-5-20(6-3-16)28-21-8-9-26-14-21;2*1-2/h2-7,12,15,19,21,23,25H,8-11,13-14H2,1H3;1-2H3;1-2H2. The molecule has 0 radical (unpaired) electrons. The molecule has 176 valence electrons. The van der Waals surface area contributed by atoms with Crippen LogP contribution in [0.4, 0.5) is 0 Å². The molecule has 2 fully saturated rings. The van der Waals surface area contributed by atoms with Crippen LogP contribution in [0.5, 0.6) is 5.75 Å². The molecule has 2 aromatic carbocycles. The van der Waals surface area contributed by atoms with Crippen molar-refractivity contribution in [2.75, 3.05) is 13.2 Å². The fourth-order valence-corrected chi connectivity index (χ4v) is 4.15. The van der Waals surface area contributed by atoms with Crippen LogP contribution in [0.3, 0.4) is 0 Å². The summed E-state index contributed by atoms with van der Waals surface area (Å²) in [6, 6.07) is 14.2. The van der Waals surface area contributed by atoms with E-state index in [9.17, 15) is 5.11 Å². The van der Waals surface area contributed by atoms with Gasteiger partial charge in [-0.15, -0.1) is 13.2 Å². The molecular formula is C27H37ClO4. The molecule has 2 aromatic rings. The minimum absolute atomic E-state index is 0.0608. The van der Waals surface area contributed by atoms with Gasteiger partial charge in [-0.3, -0.25) is 0 Å². The van der Waals surface area contributed by atoms with Crippen LogP contribution in [0.2, 0.25) is 5.02 Å². The molecule has 4 rings (SSSR count). The lowest BCUT2D eigenvalue weighted by molar-refractivity contribution is -0.0895. The number of aliphatic hydroxyl groups is 1. The number of hydrogen-bond donors (Lipinski definition) is 1. The molecule has 1 N–H and O–H groups in total. The second-order valence-electron chi connectivity index (χ2n) is 7.84. The largest absolute Gasteiger partial charge is 0.488 e. The first-order chi connectivity index (χ1) is 15.6. The zero-order valence-corrected chi connectivity index (χ0v) is 20.3. The predicted octanol–water partition coefficient (Wildman–Crippen LogP) is 6.53. The molecule has 0 bridgehead atoms. The molecule has 0 amide bonds. The molecule has 2 aliphatic heterocycles. The summed E-state index contributed by atoms with van der Waals surface area (Å²) in [7, 11) is 0. The van der Waals surface area contributed by atoms with Crippen molar-refractivity contribution in [1.82, 2.24) is 0 Å². The molecule has 4 atom stereocenters. The first-order valence-electron chi connectivity index (χ1n) is 11.5. The van der Waals surface area contributed by atoms with E-state index in [4.69, 9.17) is 25.8 Å². The highest BCUT2D eigenvalue weighted by molar-refractivity contribution is 6.31. The second kappa shape index (κ2) is 13.6. The Labute approximate surface area is 198 Å². The summed E-state index contributed by atoms with van der Waals surface area (Å²) < 4.78 is 17.3. The van der Waals surface area contributed by atoms with Crippen molar-refractivity contribution in [3.63, 3.8) is 0 Å². The van der Waals surface area contributed by atoms with E-state index in [1.54, 1.807) is 0 Å². The lowest BCUT2D eigenvalue weighted by atomic mass is 9.94. The molecule has 2 aliphatic rings. The van der Waals surface area contributed by atoms with Crippen LogP contribution in [0, 0.1) is 0 Å². The third kappa shape index (κ3) is 7.63. The van der Waals surface area contributed by atoms with Gasteiger partial charge in [-0.05, 0) is 54.7 Å². The van der Waals surface area contributed by atoms with Crippen LogP contribution in [-0.2, 0) is 15.9 Å². The molecule has 32 heavy (non-hydrogen) atoms. The van der Waals surface area contributed by atoms with E-state index in [1.807, 2.05) is 45.0 Å². The van der Waals surface area contributed by atoms with Crippen LogP contribution >= 0.6 is 11.6 Å². The highest BCUT2D eigenvalue weighted by Crippen LogP contribution is 2.33. The van der Waals surface area contributed by atoms with Gasteiger partial charge in [-0.25, -0.2) is 0 Å². The fraction of sp³-hybridized carbons (Fsp3) is 0.481. The second-order valence-corrected chi connectivity index (χ2v) is 8.24. The van der Waals surface area contributed by atoms with Gasteiger partial charge in [-0.2, -0.15) is 0 Å². The lowest BCUT2D eigenvalue weighted by Crippen LogP contribution is -2.29. The molecular weight excluding hydrogens is 424 g/mol. The summed E-state index contributed by atoms with van der Waals surface area (Å²) >= 11 is 6.46. The minimum Gasteiger partial charge on any atom is -0.488 e. The Kier molecular flexibility index (Phi) is 11.3. The van der Waals surface area contributed by atoms with Gasteiger partial charge in [0.25, 0.3) is 0 Å². The van der Waals surface area contributed by atoms with Crippen LogP contribution in [0.15, 0.2) is 55.6 Å². The van der Waals surface area contributed by atoms with Gasteiger partial charge in [0.1, 0.15) is 11.9 Å². The molecule has 5 heteroatoms. The Morgan fingerprint density at radius 2 is 1.81 bits per heavy atom. The van der Waals surface area contributed by atoms with Crippen molar-refractivity contribution in [2.24, 2.45) is 0 Å². The predicted molar refractivity (Wildman–Crippen MR) is 132 cm³/mol. The molecule has 0 aliphatic carbocycles. The van der Waals surface area contributed by atoms with Crippen LogP contribution in [-0.4, -0.2) is 36.6 Å². The zero-order chi connectivity index (χ0) is 23.5. The molecule has 0 spiro atoms. The van der Waals surface area contributed by atoms with E-state index >= 15 is 0 Å². The average molecular weight is 461 g/mol. The first kappa shape index (κ1) is 26.4. The lowest BCUT2D eigenvalue weighted by Gasteiger charge is -2.31. The number of ether oxygens (including phenoxy) is 3. The van der Waals surface area contributed by atoms with Crippen LogP contribution in [0.25, 0.3) is 0 Å². The number of benzene rings is 2. The summed E-state index contributed by atoms with van der Waals surface area (Å²) in [5.74, 6) is 0.873. The Morgan fingerprint density at radius 1 is 1.09 bits per heavy atom. The van der Waals surface area contributed by atoms with Crippen molar-refractivity contribution in [3.8, 4) is 5.75 Å². The van der Waals surface area contributed by atoms with Gasteiger partial charge in [0, 0.05) is 17.9 Å². The van der Waals surface area contributed by atoms with Crippen molar-refractivity contribution < 1.29 is 19.3 Å². The van der Waals surface area contributed by atoms with Gasteiger partial charge >= 0.3 is 0 Å². The van der Waals surface area contributed by atoms with Crippen LogP contribution < -0.4 is 4.74 Å². The Bertz CT molecular complexity index is 792. The number of aliphatic hydroxyl groups excluding tert-OH is 1. The minimum atomic E-state index is -0.314.